The van der Waals surface area contributed by atoms with Crippen LogP contribution < -0.4 is 32.3 Å². The smallest absolute Gasteiger partial charge is 0.237 e. The monoisotopic (exact) mass is 494 g/mol. The van der Waals surface area contributed by atoms with Gasteiger partial charge in [-0.25, -0.2) is 5.43 Å². The molecular weight excluding hydrogens is 448 g/mol. The zero-order valence-corrected chi connectivity index (χ0v) is 21.4. The fourth-order valence-corrected chi connectivity index (χ4v) is 6.10. The van der Waals surface area contributed by atoms with Crippen LogP contribution in [-0.2, 0) is 19.2 Å². The van der Waals surface area contributed by atoms with Crippen LogP contribution in [0.1, 0.15) is 84.5 Å². The second-order valence-electron chi connectivity index (χ2n) is 11.0. The summed E-state index contributed by atoms with van der Waals surface area (Å²) in [6.45, 7) is 5.62. The maximum atomic E-state index is 12.3. The van der Waals surface area contributed by atoms with Crippen molar-refractivity contribution in [1.29, 1.82) is 0 Å². The van der Waals surface area contributed by atoms with Crippen molar-refractivity contribution >= 4 is 11.8 Å². The van der Waals surface area contributed by atoms with Crippen LogP contribution in [0.3, 0.4) is 0 Å². The Morgan fingerprint density at radius 2 is 1.91 bits per heavy atom. The normalized spacial score (nSPS) is 35.5. The fourth-order valence-electron chi connectivity index (χ4n) is 6.10. The molecule has 2 saturated carbocycles. The van der Waals surface area contributed by atoms with Gasteiger partial charge in [0.1, 0.15) is 6.23 Å². The zero-order chi connectivity index (χ0) is 24.6. The van der Waals surface area contributed by atoms with Gasteiger partial charge in [-0.2, -0.15) is 5.48 Å². The first-order chi connectivity index (χ1) is 17.0. The summed E-state index contributed by atoms with van der Waals surface area (Å²) in [7, 11) is 0. The summed E-state index contributed by atoms with van der Waals surface area (Å²) < 4.78 is 5.95. The Morgan fingerprint density at radius 1 is 1.11 bits per heavy atom. The molecule has 0 aromatic heterocycles. The molecule has 0 radical (unpaired) electrons. The van der Waals surface area contributed by atoms with Gasteiger partial charge in [-0.3, -0.25) is 25.2 Å². The first-order valence-corrected chi connectivity index (χ1v) is 13.9. The van der Waals surface area contributed by atoms with Crippen LogP contribution >= 0.6 is 0 Å². The second kappa shape index (κ2) is 13.3. The fraction of sp³-hybridized carbons (Fsp3) is 0.920. The van der Waals surface area contributed by atoms with Gasteiger partial charge in [0.15, 0.2) is 0 Å². The van der Waals surface area contributed by atoms with E-state index in [1.165, 1.54) is 6.42 Å². The highest BCUT2D eigenvalue weighted by Gasteiger charge is 2.39. The molecule has 6 N–H and O–H groups in total. The summed E-state index contributed by atoms with van der Waals surface area (Å²) in [5.74, 6) is 1.19. The lowest BCUT2D eigenvalue weighted by atomic mass is 9.76. The molecule has 0 bridgehead atoms. The molecule has 4 rings (SSSR count). The highest BCUT2D eigenvalue weighted by Crippen LogP contribution is 2.33. The van der Waals surface area contributed by atoms with E-state index in [9.17, 15) is 9.59 Å². The molecule has 2 aliphatic heterocycles. The van der Waals surface area contributed by atoms with Crippen molar-refractivity contribution in [3.8, 4) is 0 Å². The molecule has 2 amide bonds. The van der Waals surface area contributed by atoms with Crippen molar-refractivity contribution in [3.05, 3.63) is 0 Å². The lowest BCUT2D eigenvalue weighted by molar-refractivity contribution is -0.134. The van der Waals surface area contributed by atoms with Crippen LogP contribution in [0.2, 0.25) is 0 Å². The number of fused-ring (bicyclic) bond motifs is 1. The van der Waals surface area contributed by atoms with Crippen LogP contribution in [-0.4, -0.2) is 55.7 Å². The molecule has 10 nitrogen and oxygen atoms in total. The third kappa shape index (κ3) is 7.84. The van der Waals surface area contributed by atoms with Crippen LogP contribution in [0.15, 0.2) is 0 Å². The lowest BCUT2D eigenvalue weighted by Gasteiger charge is -2.41. The number of hydrogen-bond acceptors (Lipinski definition) is 8. The van der Waals surface area contributed by atoms with Crippen LogP contribution in [0.4, 0.5) is 0 Å². The Balaban J connectivity index is 1.04. The summed E-state index contributed by atoms with van der Waals surface area (Å²) in [4.78, 5) is 30.0. The Bertz CT molecular complexity index is 687. The van der Waals surface area contributed by atoms with Crippen LogP contribution in [0, 0.1) is 17.8 Å². The topological polar surface area (TPSA) is 125 Å². The van der Waals surface area contributed by atoms with Crippen LogP contribution in [0.25, 0.3) is 0 Å². The molecule has 10 heteroatoms. The summed E-state index contributed by atoms with van der Waals surface area (Å²) in [5.41, 5.74) is 9.09. The minimum absolute atomic E-state index is 0.0561. The Morgan fingerprint density at radius 3 is 2.71 bits per heavy atom. The van der Waals surface area contributed by atoms with Crippen LogP contribution in [0.5, 0.6) is 0 Å². The van der Waals surface area contributed by atoms with Crippen molar-refractivity contribution in [1.82, 2.24) is 32.3 Å². The molecule has 0 aromatic rings. The Kier molecular flexibility index (Phi) is 10.2. The van der Waals surface area contributed by atoms with E-state index in [1.807, 2.05) is 0 Å². The average molecular weight is 495 g/mol. The van der Waals surface area contributed by atoms with E-state index in [0.29, 0.717) is 37.3 Å². The predicted molar refractivity (Wildman–Crippen MR) is 132 cm³/mol. The summed E-state index contributed by atoms with van der Waals surface area (Å²) in [6, 6.07) is 0. The third-order valence-electron chi connectivity index (χ3n) is 7.97. The zero-order valence-electron chi connectivity index (χ0n) is 21.4. The summed E-state index contributed by atoms with van der Waals surface area (Å²) >= 11 is 0. The summed E-state index contributed by atoms with van der Waals surface area (Å²) in [5, 5.41) is 10.0. The van der Waals surface area contributed by atoms with Gasteiger partial charge in [0.25, 0.3) is 0 Å². The van der Waals surface area contributed by atoms with Crippen molar-refractivity contribution in [2.75, 3.05) is 13.1 Å². The van der Waals surface area contributed by atoms with E-state index in [1.54, 1.807) is 0 Å². The molecule has 4 aliphatic rings. The van der Waals surface area contributed by atoms with Crippen molar-refractivity contribution in [2.45, 2.75) is 115 Å². The predicted octanol–water partition coefficient (Wildman–Crippen LogP) is 1.39. The van der Waals surface area contributed by atoms with Gasteiger partial charge in [0, 0.05) is 24.8 Å². The van der Waals surface area contributed by atoms with E-state index in [4.69, 9.17) is 9.57 Å². The number of rotatable bonds is 11. The summed E-state index contributed by atoms with van der Waals surface area (Å²) in [6.07, 6.45) is 11.6. The van der Waals surface area contributed by atoms with Gasteiger partial charge < -0.3 is 15.4 Å². The molecule has 5 unspecified atom stereocenters. The molecule has 0 aromatic carbocycles. The van der Waals surface area contributed by atoms with Crippen molar-refractivity contribution < 1.29 is 19.2 Å². The first-order valence-electron chi connectivity index (χ1n) is 13.9. The molecule has 2 aliphatic carbocycles. The highest BCUT2D eigenvalue weighted by atomic mass is 16.7. The van der Waals surface area contributed by atoms with Gasteiger partial charge in [-0.1, -0.05) is 12.8 Å². The maximum absolute atomic E-state index is 12.3. The molecule has 4 fully saturated rings. The van der Waals surface area contributed by atoms with Crippen molar-refractivity contribution in [2.24, 2.45) is 17.8 Å². The number of amides is 2. The third-order valence-corrected chi connectivity index (χ3v) is 7.97. The van der Waals surface area contributed by atoms with Crippen molar-refractivity contribution in [3.63, 3.8) is 0 Å². The average Bonchev–Trinajstić information content (AvgIpc) is 3.33. The Hall–Kier alpha value is -1.30. The molecule has 5 atom stereocenters. The van der Waals surface area contributed by atoms with Gasteiger partial charge >= 0.3 is 0 Å². The van der Waals surface area contributed by atoms with E-state index < -0.39 is 0 Å². The van der Waals surface area contributed by atoms with E-state index >= 15 is 0 Å². The van der Waals surface area contributed by atoms with E-state index in [2.05, 4.69) is 46.1 Å². The number of nitrogens with one attached hydrogen (secondary N) is 6. The number of hydroxylamine groups is 1. The van der Waals surface area contributed by atoms with Gasteiger partial charge in [0.05, 0.1) is 24.5 Å². The SMILES string of the molecule is CC(C)OC1CCC(C2NOC(CCC(=O)NCCCNC3NNC(=O)C4CCCCC34)N2)CC1. The number of hydrazine groups is 1. The standard InChI is InChI=1S/C25H46N6O4/c1-16(2)34-18-10-8-17(9-11-18)23-28-22(35-31-23)13-12-21(32)26-14-5-15-27-24-19-6-3-4-7-20(19)25(33)30-29-24/h16-20,22-24,27-29,31H,3-15H2,1-2H3,(H,26,32)(H,30,33). The number of ether oxygens (including phenoxy) is 1. The maximum Gasteiger partial charge on any atom is 0.237 e. The van der Waals surface area contributed by atoms with Gasteiger partial charge in [-0.05, 0) is 77.7 Å². The second-order valence-corrected chi connectivity index (χ2v) is 11.0. The van der Waals surface area contributed by atoms with Gasteiger partial charge in [-0.15, -0.1) is 0 Å². The van der Waals surface area contributed by atoms with E-state index in [0.717, 1.165) is 57.9 Å². The van der Waals surface area contributed by atoms with Gasteiger partial charge in [0.2, 0.25) is 11.8 Å². The minimum Gasteiger partial charge on any atom is -0.376 e. The largest absolute Gasteiger partial charge is 0.376 e. The molecule has 200 valence electrons. The molecule has 2 heterocycles. The molecular formula is C25H46N6O4. The minimum atomic E-state index is -0.131. The van der Waals surface area contributed by atoms with E-state index in [-0.39, 0.29) is 42.4 Å². The lowest BCUT2D eigenvalue weighted by Crippen LogP contribution is -2.64. The quantitative estimate of drug-likeness (QED) is 0.238. The number of carbonyl (C=O) groups is 2. The molecule has 2 saturated heterocycles. The number of carbonyl (C=O) groups excluding carboxylic acids is 2. The molecule has 35 heavy (non-hydrogen) atoms. The molecule has 0 spiro atoms. The highest BCUT2D eigenvalue weighted by molar-refractivity contribution is 5.79. The first kappa shape index (κ1) is 26.8. The number of hydrogen-bond donors (Lipinski definition) is 6. The Labute approximate surface area is 209 Å².